The van der Waals surface area contributed by atoms with Gasteiger partial charge in [-0.05, 0) is 36.3 Å². The van der Waals surface area contributed by atoms with Crippen molar-refractivity contribution < 1.29 is 4.79 Å². The summed E-state index contributed by atoms with van der Waals surface area (Å²) in [5.74, 6) is -0.0318. The fourth-order valence-electron chi connectivity index (χ4n) is 2.61. The monoisotopic (exact) mass is 327 g/mol. The maximum Gasteiger partial charge on any atom is 0.251 e. The molecule has 0 N–H and O–H groups in total. The number of carbonyl (C=O) groups excluding carboxylic acids is 1. The van der Waals surface area contributed by atoms with Crippen LogP contribution in [0.3, 0.4) is 0 Å². The summed E-state index contributed by atoms with van der Waals surface area (Å²) in [6.45, 7) is 2.59. The van der Waals surface area contributed by atoms with Crippen LogP contribution >= 0.6 is 0 Å². The van der Waals surface area contributed by atoms with Gasteiger partial charge < -0.3 is 4.90 Å². The van der Waals surface area contributed by atoms with Crippen molar-refractivity contribution in [2.45, 2.75) is 13.5 Å². The molecule has 3 aromatic rings. The first-order valence-corrected chi connectivity index (χ1v) is 8.37. The Morgan fingerprint density at radius 2 is 1.44 bits per heavy atom. The van der Waals surface area contributed by atoms with E-state index in [0.29, 0.717) is 6.54 Å². The van der Waals surface area contributed by atoms with E-state index in [1.807, 2.05) is 91.0 Å². The summed E-state index contributed by atoms with van der Waals surface area (Å²) in [7, 11) is 0. The summed E-state index contributed by atoms with van der Waals surface area (Å²) < 4.78 is 0. The zero-order chi connectivity index (χ0) is 17.5. The van der Waals surface area contributed by atoms with Gasteiger partial charge in [-0.2, -0.15) is 0 Å². The average Bonchev–Trinajstić information content (AvgIpc) is 2.67. The van der Waals surface area contributed by atoms with Crippen LogP contribution in [0.1, 0.15) is 16.7 Å². The van der Waals surface area contributed by atoms with Gasteiger partial charge in [-0.15, -0.1) is 0 Å². The number of amides is 1. The van der Waals surface area contributed by atoms with Crippen molar-refractivity contribution in [1.82, 2.24) is 0 Å². The molecule has 0 saturated heterocycles. The van der Waals surface area contributed by atoms with Gasteiger partial charge >= 0.3 is 0 Å². The van der Waals surface area contributed by atoms with Gasteiger partial charge in [0.15, 0.2) is 0 Å². The van der Waals surface area contributed by atoms with Crippen molar-refractivity contribution in [3.63, 3.8) is 0 Å². The largest absolute Gasteiger partial charge is 0.304 e. The third-order valence-corrected chi connectivity index (χ3v) is 4.01. The van der Waals surface area contributed by atoms with Gasteiger partial charge in [0.25, 0.3) is 5.91 Å². The Labute approximate surface area is 149 Å². The van der Waals surface area contributed by atoms with Crippen LogP contribution in [0, 0.1) is 6.92 Å². The predicted molar refractivity (Wildman–Crippen MR) is 104 cm³/mol. The number of rotatable bonds is 5. The van der Waals surface area contributed by atoms with Crippen molar-refractivity contribution in [1.29, 1.82) is 0 Å². The van der Waals surface area contributed by atoms with Crippen LogP contribution in [0.25, 0.3) is 6.08 Å². The Morgan fingerprint density at radius 1 is 0.840 bits per heavy atom. The summed E-state index contributed by atoms with van der Waals surface area (Å²) in [5, 5.41) is 0. The molecule has 0 heterocycles. The van der Waals surface area contributed by atoms with E-state index in [-0.39, 0.29) is 5.91 Å². The molecule has 1 amide bonds. The van der Waals surface area contributed by atoms with E-state index in [2.05, 4.69) is 6.92 Å². The molecule has 3 aromatic carbocycles. The van der Waals surface area contributed by atoms with Crippen LogP contribution in [-0.4, -0.2) is 5.91 Å². The molecule has 124 valence electrons. The van der Waals surface area contributed by atoms with Crippen LogP contribution in [0.2, 0.25) is 0 Å². The van der Waals surface area contributed by atoms with Crippen LogP contribution in [0.15, 0.2) is 91.0 Å². The van der Waals surface area contributed by atoms with E-state index in [1.165, 1.54) is 5.56 Å². The molecule has 0 bridgehead atoms. The van der Waals surface area contributed by atoms with Crippen LogP contribution in [0.5, 0.6) is 0 Å². The van der Waals surface area contributed by atoms with Crippen LogP contribution in [-0.2, 0) is 11.3 Å². The second-order valence-corrected chi connectivity index (χ2v) is 5.99. The average molecular weight is 327 g/mol. The summed E-state index contributed by atoms with van der Waals surface area (Å²) in [5.41, 5.74) is 4.22. The summed E-state index contributed by atoms with van der Waals surface area (Å²) >= 11 is 0. The van der Waals surface area contributed by atoms with Gasteiger partial charge in [0, 0.05) is 11.8 Å². The number of carbonyl (C=O) groups is 1. The van der Waals surface area contributed by atoms with Gasteiger partial charge in [0.05, 0.1) is 6.54 Å². The Bertz CT molecular complexity index is 836. The normalized spacial score (nSPS) is 10.8. The first-order chi connectivity index (χ1) is 12.2. The lowest BCUT2D eigenvalue weighted by Gasteiger charge is -2.21. The summed E-state index contributed by atoms with van der Waals surface area (Å²) in [6, 6.07) is 27.9. The minimum Gasteiger partial charge on any atom is -0.304 e. The summed E-state index contributed by atoms with van der Waals surface area (Å²) in [4.78, 5) is 14.6. The van der Waals surface area contributed by atoms with E-state index in [0.717, 1.165) is 16.8 Å². The Hall–Kier alpha value is -3.13. The molecule has 25 heavy (non-hydrogen) atoms. The summed E-state index contributed by atoms with van der Waals surface area (Å²) in [6.07, 6.45) is 3.50. The third kappa shape index (κ3) is 4.67. The Balaban J connectivity index is 1.83. The lowest BCUT2D eigenvalue weighted by molar-refractivity contribution is -0.114. The second kappa shape index (κ2) is 8.11. The minimum absolute atomic E-state index is 0.0318. The Morgan fingerprint density at radius 3 is 2.08 bits per heavy atom. The van der Waals surface area contributed by atoms with E-state index in [9.17, 15) is 4.79 Å². The SMILES string of the molecule is Cc1ccc(/C=C/C(=O)N(Cc2ccccc2)c2ccccc2)cc1. The predicted octanol–water partition coefficient (Wildman–Crippen LogP) is 5.24. The lowest BCUT2D eigenvalue weighted by atomic mass is 10.1. The molecule has 3 rings (SSSR count). The number of aryl methyl sites for hydroxylation is 1. The standard InChI is InChI=1S/C23H21NO/c1-19-12-14-20(15-13-19)16-17-23(25)24(22-10-6-3-7-11-22)18-21-8-4-2-5-9-21/h2-17H,18H2,1H3/b17-16+. The highest BCUT2D eigenvalue weighted by Gasteiger charge is 2.13. The molecule has 0 aromatic heterocycles. The molecule has 0 aliphatic rings. The van der Waals surface area contributed by atoms with Gasteiger partial charge in [-0.1, -0.05) is 78.4 Å². The maximum absolute atomic E-state index is 12.8. The number of para-hydroxylation sites is 1. The van der Waals surface area contributed by atoms with E-state index in [1.54, 1.807) is 11.0 Å². The highest BCUT2D eigenvalue weighted by atomic mass is 16.2. The zero-order valence-corrected chi connectivity index (χ0v) is 14.3. The number of nitrogens with zero attached hydrogens (tertiary/aromatic N) is 1. The smallest absolute Gasteiger partial charge is 0.251 e. The van der Waals surface area contributed by atoms with Crippen molar-refractivity contribution in [3.05, 3.63) is 108 Å². The molecular formula is C23H21NO. The lowest BCUT2D eigenvalue weighted by Crippen LogP contribution is -2.28. The van der Waals surface area contributed by atoms with Crippen molar-refractivity contribution in [2.24, 2.45) is 0 Å². The number of anilines is 1. The molecule has 0 unspecified atom stereocenters. The van der Waals surface area contributed by atoms with Crippen LogP contribution in [0.4, 0.5) is 5.69 Å². The van der Waals surface area contributed by atoms with Gasteiger partial charge in [0.1, 0.15) is 0 Å². The highest BCUT2D eigenvalue weighted by molar-refractivity contribution is 6.03. The molecule has 0 atom stereocenters. The van der Waals surface area contributed by atoms with Gasteiger partial charge in [-0.25, -0.2) is 0 Å². The number of benzene rings is 3. The topological polar surface area (TPSA) is 20.3 Å². The first kappa shape index (κ1) is 16.7. The fraction of sp³-hybridized carbons (Fsp3) is 0.0870. The van der Waals surface area contributed by atoms with Crippen LogP contribution < -0.4 is 4.90 Å². The van der Waals surface area contributed by atoms with Gasteiger partial charge in [0.2, 0.25) is 0 Å². The maximum atomic E-state index is 12.8. The molecule has 2 nitrogen and oxygen atoms in total. The quantitative estimate of drug-likeness (QED) is 0.587. The molecule has 2 heteroatoms. The highest BCUT2D eigenvalue weighted by Crippen LogP contribution is 2.18. The zero-order valence-electron chi connectivity index (χ0n) is 14.3. The van der Waals surface area contributed by atoms with Crippen molar-refractivity contribution >= 4 is 17.7 Å². The molecule has 0 radical (unpaired) electrons. The molecule has 0 spiro atoms. The molecule has 0 aliphatic carbocycles. The molecular weight excluding hydrogens is 306 g/mol. The minimum atomic E-state index is -0.0318. The van der Waals surface area contributed by atoms with Gasteiger partial charge in [-0.3, -0.25) is 4.79 Å². The first-order valence-electron chi connectivity index (χ1n) is 8.37. The second-order valence-electron chi connectivity index (χ2n) is 5.99. The fourth-order valence-corrected chi connectivity index (χ4v) is 2.61. The van der Waals surface area contributed by atoms with E-state index >= 15 is 0 Å². The van der Waals surface area contributed by atoms with Crippen molar-refractivity contribution in [3.8, 4) is 0 Å². The van der Waals surface area contributed by atoms with E-state index < -0.39 is 0 Å². The molecule has 0 fully saturated rings. The van der Waals surface area contributed by atoms with Crippen molar-refractivity contribution in [2.75, 3.05) is 4.90 Å². The molecule has 0 aliphatic heterocycles. The molecule has 0 saturated carbocycles. The Kier molecular flexibility index (Phi) is 5.43. The number of hydrogen-bond donors (Lipinski definition) is 0. The third-order valence-electron chi connectivity index (χ3n) is 4.01. The number of hydrogen-bond acceptors (Lipinski definition) is 1. The van der Waals surface area contributed by atoms with E-state index in [4.69, 9.17) is 0 Å².